The molecule has 0 atom stereocenters. The fourth-order valence-electron chi connectivity index (χ4n) is 9.62. The van der Waals surface area contributed by atoms with Gasteiger partial charge in [-0.3, -0.25) is 9.98 Å². The summed E-state index contributed by atoms with van der Waals surface area (Å²) >= 11 is 0. The van der Waals surface area contributed by atoms with Gasteiger partial charge in [-0.25, -0.2) is 0 Å². The molecule has 0 fully saturated rings. The molecule has 6 aromatic rings. The minimum absolute atomic E-state index is 0.222. The molecule has 0 radical (unpaired) electrons. The number of benzene rings is 6. The second kappa shape index (κ2) is 21.5. The van der Waals surface area contributed by atoms with E-state index in [0.29, 0.717) is 38.8 Å². The van der Waals surface area contributed by atoms with E-state index in [2.05, 4.69) is 132 Å². The first-order valence-corrected chi connectivity index (χ1v) is 26.2. The van der Waals surface area contributed by atoms with Gasteiger partial charge < -0.3 is 29.2 Å². The van der Waals surface area contributed by atoms with Crippen LogP contribution in [0.15, 0.2) is 107 Å². The quantitative estimate of drug-likeness (QED) is 0.157. The number of rotatable bonds is 0. The lowest BCUT2D eigenvalue weighted by atomic mass is 9.79. The molecular weight excluding hydrogens is 905 g/mol. The number of nitrogens with zero attached hydrogens (tertiary/aromatic N) is 2. The third-order valence-electron chi connectivity index (χ3n) is 14.1. The van der Waals surface area contributed by atoms with Crippen LogP contribution in [0.25, 0.3) is 0 Å². The highest BCUT2D eigenvalue weighted by atomic mass is 16.5. The van der Waals surface area contributed by atoms with E-state index in [0.717, 1.165) is 107 Å². The van der Waals surface area contributed by atoms with Crippen LogP contribution in [0.5, 0.6) is 34.5 Å². The van der Waals surface area contributed by atoms with Crippen molar-refractivity contribution in [3.63, 3.8) is 0 Å². The van der Waals surface area contributed by atoms with Crippen molar-refractivity contribution in [3.8, 4) is 34.5 Å². The summed E-state index contributed by atoms with van der Waals surface area (Å²) in [6, 6.07) is 33.6. The molecule has 0 unspecified atom stereocenters. The molecule has 8 heteroatoms. The summed E-state index contributed by atoms with van der Waals surface area (Å²) < 4.78 is 27.0. The van der Waals surface area contributed by atoms with E-state index < -0.39 is 0 Å². The van der Waals surface area contributed by atoms with E-state index in [9.17, 15) is 10.2 Å². The standard InChI is InChI=1S/C65H78N2O6/c1-62(2,3)52-32-44-28-48-36-54(64(7,8)9)38-50-30-46-34-53(63(4,5)6)35-47(59(46)69)31-51-39-55(65(10,11)12)37-49(29-45(33-52)58(44)68)61(51)73-27-25-71-57-21-16-14-19-43(57)41-67-23-17-22-66-40-42-18-13-15-20-56(42)70-24-26-72-60(48)50/h13-16,18-21,32-41,68-69H,17,22-31H2,1-12H3. The predicted molar refractivity (Wildman–Crippen MR) is 300 cm³/mol. The first-order valence-electron chi connectivity index (χ1n) is 26.2. The van der Waals surface area contributed by atoms with Crippen LogP contribution in [-0.4, -0.2) is 62.2 Å². The highest BCUT2D eigenvalue weighted by Crippen LogP contribution is 2.44. The lowest BCUT2D eigenvalue weighted by Gasteiger charge is -2.28. The maximum absolute atomic E-state index is 12.8. The first kappa shape index (κ1) is 52.8. The van der Waals surface area contributed by atoms with E-state index in [1.165, 1.54) is 0 Å². The molecule has 0 saturated carbocycles. The van der Waals surface area contributed by atoms with Gasteiger partial charge in [-0.15, -0.1) is 0 Å². The van der Waals surface area contributed by atoms with Gasteiger partial charge in [0.25, 0.3) is 0 Å². The smallest absolute Gasteiger partial charge is 0.128 e. The van der Waals surface area contributed by atoms with Gasteiger partial charge >= 0.3 is 0 Å². The number of ether oxygens (including phenoxy) is 4. The Balaban J connectivity index is 1.38. The SMILES string of the molecule is CC(C)(C)c1cc2c(O)c(c1)Cc1cc(C(C)(C)C)cc3c1OCCOc1ccccc1C=NCCCN=Cc1ccccc1OCCOc1c(cc(C(C)(C)C)cc1Cc1cc(C(C)(C)C)cc(c1O)C3)C2. The number of aromatic hydroxyl groups is 2. The molecule has 2 N–H and O–H groups in total. The second-order valence-corrected chi connectivity index (χ2v) is 24.1. The van der Waals surface area contributed by atoms with E-state index in [-0.39, 0.29) is 59.6 Å². The average molecular weight is 983 g/mol. The number of hydrogen-bond acceptors (Lipinski definition) is 8. The average Bonchev–Trinajstić information content (AvgIpc) is 3.31. The molecule has 3 aliphatic rings. The molecule has 6 aromatic carbocycles. The zero-order valence-electron chi connectivity index (χ0n) is 45.6. The molecule has 73 heavy (non-hydrogen) atoms. The Morgan fingerprint density at radius 1 is 0.370 bits per heavy atom. The fourth-order valence-corrected chi connectivity index (χ4v) is 9.62. The zero-order chi connectivity index (χ0) is 52.3. The fraction of sp³-hybridized carbons (Fsp3) is 0.415. The van der Waals surface area contributed by atoms with Gasteiger partial charge in [-0.05, 0) is 119 Å². The Hall–Kier alpha value is -6.54. The number of phenols is 2. The van der Waals surface area contributed by atoms with E-state index in [1.54, 1.807) is 0 Å². The zero-order valence-corrected chi connectivity index (χ0v) is 45.6. The molecule has 8 nitrogen and oxygen atoms in total. The van der Waals surface area contributed by atoms with Gasteiger partial charge in [0.1, 0.15) is 60.9 Å². The highest BCUT2D eigenvalue weighted by Gasteiger charge is 2.29. The van der Waals surface area contributed by atoms with E-state index >= 15 is 0 Å². The molecular formula is C65H78N2O6. The molecule has 0 saturated heterocycles. The number of fused-ring (bicyclic) bond motifs is 10. The maximum atomic E-state index is 12.8. The molecule has 10 bridgehead atoms. The van der Waals surface area contributed by atoms with Crippen LogP contribution in [-0.2, 0) is 47.3 Å². The normalized spacial score (nSPS) is 15.2. The van der Waals surface area contributed by atoms with Crippen LogP contribution in [0.3, 0.4) is 0 Å². The highest BCUT2D eigenvalue weighted by molar-refractivity contribution is 5.84. The van der Waals surface area contributed by atoms with Crippen molar-refractivity contribution in [2.75, 3.05) is 39.5 Å². The molecule has 0 amide bonds. The Labute approximate surface area is 435 Å². The molecule has 0 aromatic heterocycles. The largest absolute Gasteiger partial charge is 0.507 e. The third-order valence-corrected chi connectivity index (χ3v) is 14.1. The lowest BCUT2D eigenvalue weighted by Crippen LogP contribution is -2.18. The summed E-state index contributed by atoms with van der Waals surface area (Å²) in [6.07, 6.45) is 6.18. The summed E-state index contributed by atoms with van der Waals surface area (Å²) in [6.45, 7) is 29.1. The van der Waals surface area contributed by atoms with Crippen molar-refractivity contribution in [1.29, 1.82) is 0 Å². The van der Waals surface area contributed by atoms with Gasteiger partial charge in [-0.1, -0.05) is 156 Å². The predicted octanol–water partition coefficient (Wildman–Crippen LogP) is 14.1. The van der Waals surface area contributed by atoms with Gasteiger partial charge in [0.05, 0.1) is 0 Å². The molecule has 2 heterocycles. The van der Waals surface area contributed by atoms with E-state index in [1.807, 2.05) is 61.0 Å². The van der Waals surface area contributed by atoms with Crippen molar-refractivity contribution in [3.05, 3.63) is 175 Å². The van der Waals surface area contributed by atoms with Gasteiger partial charge in [0.15, 0.2) is 0 Å². The maximum Gasteiger partial charge on any atom is 0.128 e. The van der Waals surface area contributed by atoms with Crippen LogP contribution in [0.4, 0.5) is 0 Å². The van der Waals surface area contributed by atoms with Gasteiger partial charge in [0, 0.05) is 62.3 Å². The third kappa shape index (κ3) is 12.8. The summed E-state index contributed by atoms with van der Waals surface area (Å²) in [5.41, 5.74) is 12.5. The van der Waals surface area contributed by atoms with Crippen LogP contribution in [0.2, 0.25) is 0 Å². The van der Waals surface area contributed by atoms with Crippen molar-refractivity contribution in [2.45, 2.75) is 137 Å². The van der Waals surface area contributed by atoms with E-state index in [4.69, 9.17) is 28.9 Å². The van der Waals surface area contributed by atoms with Crippen LogP contribution in [0.1, 0.15) is 167 Å². The Kier molecular flexibility index (Phi) is 15.5. The molecule has 9 rings (SSSR count). The monoisotopic (exact) mass is 983 g/mol. The minimum Gasteiger partial charge on any atom is -0.507 e. The molecule has 384 valence electrons. The summed E-state index contributed by atoms with van der Waals surface area (Å²) in [7, 11) is 0. The summed E-state index contributed by atoms with van der Waals surface area (Å²) in [4.78, 5) is 9.50. The number of phenolic OH excluding ortho intramolecular Hbond substituents is 2. The number of hydrogen-bond donors (Lipinski definition) is 2. The second-order valence-electron chi connectivity index (χ2n) is 24.1. The Morgan fingerprint density at radius 3 is 0.945 bits per heavy atom. The summed E-state index contributed by atoms with van der Waals surface area (Å²) in [5.74, 6) is 3.44. The van der Waals surface area contributed by atoms with Gasteiger partial charge in [-0.2, -0.15) is 0 Å². The summed E-state index contributed by atoms with van der Waals surface area (Å²) in [5, 5.41) is 25.5. The van der Waals surface area contributed by atoms with Crippen molar-refractivity contribution in [1.82, 2.24) is 0 Å². The molecule has 2 aliphatic heterocycles. The lowest BCUT2D eigenvalue weighted by molar-refractivity contribution is 0.214. The Bertz CT molecular complexity index is 2710. The number of para-hydroxylation sites is 2. The van der Waals surface area contributed by atoms with Crippen LogP contribution in [0, 0.1) is 0 Å². The molecule has 1 aliphatic carbocycles. The van der Waals surface area contributed by atoms with Crippen molar-refractivity contribution in [2.24, 2.45) is 9.98 Å². The first-order chi connectivity index (χ1) is 34.5. The van der Waals surface area contributed by atoms with Crippen LogP contribution >= 0.6 is 0 Å². The topological polar surface area (TPSA) is 102 Å². The van der Waals surface area contributed by atoms with Crippen LogP contribution < -0.4 is 18.9 Å². The van der Waals surface area contributed by atoms with Crippen molar-refractivity contribution >= 4 is 12.4 Å². The number of aliphatic imine (C=N–C) groups is 2. The minimum atomic E-state index is -0.228. The van der Waals surface area contributed by atoms with Gasteiger partial charge in [0.2, 0.25) is 0 Å². The van der Waals surface area contributed by atoms with Crippen molar-refractivity contribution < 1.29 is 29.2 Å². The Morgan fingerprint density at radius 2 is 0.644 bits per heavy atom. The molecule has 0 spiro atoms.